The lowest BCUT2D eigenvalue weighted by atomic mass is 10.2. The minimum absolute atomic E-state index is 0.150. The van der Waals surface area contributed by atoms with Gasteiger partial charge in [-0.15, -0.1) is 0 Å². The summed E-state index contributed by atoms with van der Waals surface area (Å²) >= 11 is 0. The molecule has 2 aromatic rings. The largest absolute Gasteiger partial charge is 0.399 e. The Balaban J connectivity index is 2.29. The fraction of sp³-hybridized carbons (Fsp3) is 0.200. The van der Waals surface area contributed by atoms with Gasteiger partial charge in [0.1, 0.15) is 5.82 Å². The number of anilines is 2. The van der Waals surface area contributed by atoms with Crippen LogP contribution in [0.2, 0.25) is 0 Å². The first-order valence-electron chi connectivity index (χ1n) is 6.53. The summed E-state index contributed by atoms with van der Waals surface area (Å²) in [7, 11) is -3.55. The molecule has 0 bridgehead atoms. The Kier molecular flexibility index (Phi) is 4.47. The van der Waals surface area contributed by atoms with Gasteiger partial charge in [0.15, 0.2) is 0 Å². The smallest absolute Gasteiger partial charge is 0.239 e. The molecular formula is C15H17FN2O2S. The maximum absolute atomic E-state index is 13.0. The summed E-state index contributed by atoms with van der Waals surface area (Å²) in [4.78, 5) is 0. The third-order valence-electron chi connectivity index (χ3n) is 3.04. The van der Waals surface area contributed by atoms with E-state index >= 15 is 0 Å². The molecule has 0 aliphatic heterocycles. The normalized spacial score (nSPS) is 11.3. The van der Waals surface area contributed by atoms with E-state index in [4.69, 9.17) is 5.73 Å². The zero-order valence-corrected chi connectivity index (χ0v) is 12.5. The van der Waals surface area contributed by atoms with Crippen LogP contribution in [0.25, 0.3) is 0 Å². The van der Waals surface area contributed by atoms with E-state index in [1.807, 2.05) is 0 Å². The SMILES string of the molecule is CCN(c1ccc(F)cc1)S(=O)(=O)Cc1cccc(N)c1. The lowest BCUT2D eigenvalue weighted by Crippen LogP contribution is -2.31. The number of hydrogen-bond donors (Lipinski definition) is 1. The molecule has 0 atom stereocenters. The summed E-state index contributed by atoms with van der Waals surface area (Å²) < 4.78 is 39.3. The zero-order chi connectivity index (χ0) is 15.5. The van der Waals surface area contributed by atoms with Gasteiger partial charge in [-0.1, -0.05) is 12.1 Å². The summed E-state index contributed by atoms with van der Waals surface area (Å²) in [5, 5.41) is 0. The van der Waals surface area contributed by atoms with E-state index in [1.165, 1.54) is 28.6 Å². The number of benzene rings is 2. The van der Waals surface area contributed by atoms with Crippen molar-refractivity contribution >= 4 is 21.4 Å². The van der Waals surface area contributed by atoms with E-state index in [9.17, 15) is 12.8 Å². The van der Waals surface area contributed by atoms with Crippen molar-refractivity contribution in [1.29, 1.82) is 0 Å². The predicted octanol–water partition coefficient (Wildman–Crippen LogP) is 2.76. The molecule has 0 saturated carbocycles. The van der Waals surface area contributed by atoms with Gasteiger partial charge >= 0.3 is 0 Å². The molecule has 112 valence electrons. The third kappa shape index (κ3) is 3.72. The molecule has 2 rings (SSSR count). The zero-order valence-electron chi connectivity index (χ0n) is 11.7. The average Bonchev–Trinajstić information content (AvgIpc) is 2.41. The van der Waals surface area contributed by atoms with Crippen LogP contribution >= 0.6 is 0 Å². The molecule has 0 aromatic heterocycles. The van der Waals surface area contributed by atoms with Crippen molar-refractivity contribution in [3.05, 3.63) is 59.9 Å². The van der Waals surface area contributed by atoms with E-state index in [0.717, 1.165) is 0 Å². The molecule has 0 spiro atoms. The van der Waals surface area contributed by atoms with Crippen LogP contribution in [0.3, 0.4) is 0 Å². The van der Waals surface area contributed by atoms with Crippen LogP contribution in [0.4, 0.5) is 15.8 Å². The van der Waals surface area contributed by atoms with Gasteiger partial charge in [0.05, 0.1) is 11.4 Å². The third-order valence-corrected chi connectivity index (χ3v) is 4.88. The molecule has 0 aliphatic rings. The van der Waals surface area contributed by atoms with Gasteiger partial charge in [-0.3, -0.25) is 4.31 Å². The number of nitrogens with zero attached hydrogens (tertiary/aromatic N) is 1. The van der Waals surface area contributed by atoms with Crippen LogP contribution < -0.4 is 10.0 Å². The second-order valence-corrected chi connectivity index (χ2v) is 6.54. The highest BCUT2D eigenvalue weighted by molar-refractivity contribution is 7.92. The van der Waals surface area contributed by atoms with Gasteiger partial charge in [0, 0.05) is 12.2 Å². The van der Waals surface area contributed by atoms with Crippen molar-refractivity contribution < 1.29 is 12.8 Å². The molecule has 0 aliphatic carbocycles. The van der Waals surface area contributed by atoms with Gasteiger partial charge in [0.2, 0.25) is 10.0 Å². The van der Waals surface area contributed by atoms with Crippen molar-refractivity contribution in [2.24, 2.45) is 0 Å². The number of nitrogen functional groups attached to an aromatic ring is 1. The summed E-state index contributed by atoms with van der Waals surface area (Å²) in [5.41, 5.74) is 7.25. The van der Waals surface area contributed by atoms with Crippen LogP contribution in [0.5, 0.6) is 0 Å². The first kappa shape index (κ1) is 15.3. The molecule has 6 heteroatoms. The first-order chi connectivity index (χ1) is 9.92. The molecular weight excluding hydrogens is 291 g/mol. The van der Waals surface area contributed by atoms with E-state index in [-0.39, 0.29) is 12.3 Å². The molecule has 2 N–H and O–H groups in total. The Morgan fingerprint density at radius 1 is 1.14 bits per heavy atom. The minimum Gasteiger partial charge on any atom is -0.399 e. The average molecular weight is 308 g/mol. The Labute approximate surface area is 124 Å². The van der Waals surface area contributed by atoms with E-state index in [0.29, 0.717) is 16.9 Å². The monoisotopic (exact) mass is 308 g/mol. The lowest BCUT2D eigenvalue weighted by Gasteiger charge is -2.23. The molecule has 0 radical (unpaired) electrons. The van der Waals surface area contributed by atoms with Gasteiger partial charge in [0.25, 0.3) is 0 Å². The highest BCUT2D eigenvalue weighted by Gasteiger charge is 2.21. The van der Waals surface area contributed by atoms with E-state index in [1.54, 1.807) is 31.2 Å². The fourth-order valence-electron chi connectivity index (χ4n) is 2.12. The van der Waals surface area contributed by atoms with Crippen molar-refractivity contribution in [2.45, 2.75) is 12.7 Å². The lowest BCUT2D eigenvalue weighted by molar-refractivity contribution is 0.590. The van der Waals surface area contributed by atoms with Gasteiger partial charge in [-0.2, -0.15) is 0 Å². The predicted molar refractivity (Wildman–Crippen MR) is 82.9 cm³/mol. The number of halogens is 1. The van der Waals surface area contributed by atoms with E-state index < -0.39 is 15.8 Å². The number of nitrogens with two attached hydrogens (primary N) is 1. The van der Waals surface area contributed by atoms with Crippen molar-refractivity contribution in [3.8, 4) is 0 Å². The van der Waals surface area contributed by atoms with E-state index in [2.05, 4.69) is 0 Å². The maximum Gasteiger partial charge on any atom is 0.239 e. The van der Waals surface area contributed by atoms with Crippen LogP contribution in [-0.4, -0.2) is 15.0 Å². The van der Waals surface area contributed by atoms with Crippen LogP contribution in [0.15, 0.2) is 48.5 Å². The minimum atomic E-state index is -3.55. The highest BCUT2D eigenvalue weighted by Crippen LogP contribution is 2.21. The quantitative estimate of drug-likeness (QED) is 0.864. The maximum atomic E-state index is 13.0. The molecule has 0 saturated heterocycles. The fourth-order valence-corrected chi connectivity index (χ4v) is 3.71. The topological polar surface area (TPSA) is 63.4 Å². The second kappa shape index (κ2) is 6.13. The van der Waals surface area contributed by atoms with Crippen LogP contribution in [-0.2, 0) is 15.8 Å². The van der Waals surface area contributed by atoms with Gasteiger partial charge < -0.3 is 5.73 Å². The molecule has 4 nitrogen and oxygen atoms in total. The number of rotatable bonds is 5. The summed E-state index contributed by atoms with van der Waals surface area (Å²) in [6.45, 7) is 2.01. The summed E-state index contributed by atoms with van der Waals surface area (Å²) in [5.74, 6) is -0.550. The van der Waals surface area contributed by atoms with Crippen LogP contribution in [0.1, 0.15) is 12.5 Å². The second-order valence-electron chi connectivity index (χ2n) is 4.64. The van der Waals surface area contributed by atoms with Crippen LogP contribution in [0, 0.1) is 5.82 Å². The summed E-state index contributed by atoms with van der Waals surface area (Å²) in [6.07, 6.45) is 0. The molecule has 0 fully saturated rings. The number of sulfonamides is 1. The molecule has 0 amide bonds. The van der Waals surface area contributed by atoms with Crippen molar-refractivity contribution in [2.75, 3.05) is 16.6 Å². The van der Waals surface area contributed by atoms with Crippen molar-refractivity contribution in [1.82, 2.24) is 0 Å². The molecule has 21 heavy (non-hydrogen) atoms. The molecule has 2 aromatic carbocycles. The summed E-state index contributed by atoms with van der Waals surface area (Å²) in [6, 6.07) is 12.2. The van der Waals surface area contributed by atoms with Crippen molar-refractivity contribution in [3.63, 3.8) is 0 Å². The molecule has 0 heterocycles. The highest BCUT2D eigenvalue weighted by atomic mass is 32.2. The Morgan fingerprint density at radius 2 is 1.81 bits per heavy atom. The Morgan fingerprint density at radius 3 is 2.38 bits per heavy atom. The standard InChI is InChI=1S/C15H17FN2O2S/c1-2-18(15-8-6-13(16)7-9-15)21(19,20)11-12-4-3-5-14(17)10-12/h3-10H,2,11,17H2,1H3. The van der Waals surface area contributed by atoms with Gasteiger partial charge in [-0.05, 0) is 48.9 Å². The molecule has 0 unspecified atom stereocenters. The number of hydrogen-bond acceptors (Lipinski definition) is 3. The Hall–Kier alpha value is -2.08. The first-order valence-corrected chi connectivity index (χ1v) is 8.13. The van der Waals surface area contributed by atoms with Gasteiger partial charge in [-0.25, -0.2) is 12.8 Å². The Bertz CT molecular complexity index is 715.